The molecule has 2 N–H and O–H groups in total. The van der Waals surface area contributed by atoms with Crippen LogP contribution in [0, 0.1) is 5.41 Å². The number of hydrogen-bond donors (Lipinski definition) is 2. The molecule has 1 atom stereocenters. The first-order valence-electron chi connectivity index (χ1n) is 8.23. The molecule has 1 aliphatic carbocycles. The maximum absolute atomic E-state index is 12.9. The Bertz CT molecular complexity index is 851. The van der Waals surface area contributed by atoms with Gasteiger partial charge in [0, 0.05) is 17.7 Å². The third kappa shape index (κ3) is 2.75. The summed E-state index contributed by atoms with van der Waals surface area (Å²) < 4.78 is 10.1. The summed E-state index contributed by atoms with van der Waals surface area (Å²) in [4.78, 5) is 12.9. The number of carbonyl (C=O) groups is 1. The Morgan fingerprint density at radius 3 is 2.60 bits per heavy atom. The zero-order valence-corrected chi connectivity index (χ0v) is 14.4. The smallest absolute Gasteiger partial charge is 0.219 e. The maximum Gasteiger partial charge on any atom is 0.219 e. The van der Waals surface area contributed by atoms with Crippen LogP contribution in [0.4, 0.5) is 11.6 Å². The normalized spacial score (nSPS) is 21.6. The molecule has 0 saturated carbocycles. The van der Waals surface area contributed by atoms with Crippen molar-refractivity contribution in [2.24, 2.45) is 5.41 Å². The predicted octanol–water partition coefficient (Wildman–Crippen LogP) is 3.30. The van der Waals surface area contributed by atoms with E-state index in [0.717, 1.165) is 29.0 Å². The fourth-order valence-electron chi connectivity index (χ4n) is 3.54. The summed E-state index contributed by atoms with van der Waals surface area (Å²) in [6, 6.07) is 7.35. The minimum atomic E-state index is -0.315. The lowest BCUT2D eigenvalue weighted by Crippen LogP contribution is -2.31. The highest BCUT2D eigenvalue weighted by atomic mass is 16.6. The molecule has 1 aromatic carbocycles. The number of ether oxygens (including phenoxy) is 1. The number of benzene rings is 1. The van der Waals surface area contributed by atoms with Crippen LogP contribution < -0.4 is 15.4 Å². The lowest BCUT2D eigenvalue weighted by atomic mass is 9.73. The van der Waals surface area contributed by atoms with Crippen LogP contribution in [0.1, 0.15) is 38.3 Å². The topological polar surface area (TPSA) is 89.3 Å². The van der Waals surface area contributed by atoms with Crippen LogP contribution in [0.15, 0.2) is 40.2 Å². The third-order valence-corrected chi connectivity index (χ3v) is 4.70. The number of Topliss-reactive ketones (excluding diaryl/α,β-unsaturated/α-hetero) is 1. The molecule has 7 heteroatoms. The van der Waals surface area contributed by atoms with Crippen LogP contribution in [0.25, 0.3) is 0 Å². The molecule has 4 rings (SSSR count). The Morgan fingerprint density at radius 1 is 1.16 bits per heavy atom. The summed E-state index contributed by atoms with van der Waals surface area (Å²) in [7, 11) is 1.63. The van der Waals surface area contributed by atoms with Gasteiger partial charge in [-0.3, -0.25) is 4.79 Å². The van der Waals surface area contributed by atoms with E-state index in [0.29, 0.717) is 18.1 Å². The molecule has 0 spiro atoms. The summed E-state index contributed by atoms with van der Waals surface area (Å²) in [5, 5.41) is 14.4. The molecule has 130 valence electrons. The van der Waals surface area contributed by atoms with E-state index in [9.17, 15) is 4.79 Å². The SMILES string of the molecule is COc1ccc([C@H]2Nc3nonc3NC3=C2C(=O)CC(C)(C)C3)cc1. The molecule has 25 heavy (non-hydrogen) atoms. The van der Waals surface area contributed by atoms with Gasteiger partial charge in [-0.05, 0) is 39.8 Å². The Morgan fingerprint density at radius 2 is 1.88 bits per heavy atom. The Kier molecular flexibility index (Phi) is 3.52. The largest absolute Gasteiger partial charge is 0.497 e. The molecule has 7 nitrogen and oxygen atoms in total. The standard InChI is InChI=1S/C18H20N4O3/c1-18(2)8-12-14(13(23)9-18)15(10-4-6-11(24-3)7-5-10)20-17-16(19-12)21-25-22-17/h4-7,15H,8-9H2,1-3H3,(H,19,21)(H,20,22)/t15-/m1/s1. The van der Waals surface area contributed by atoms with Gasteiger partial charge in [0.05, 0.1) is 13.2 Å². The lowest BCUT2D eigenvalue weighted by Gasteiger charge is -2.34. The van der Waals surface area contributed by atoms with Crippen molar-refractivity contribution in [3.8, 4) is 5.75 Å². The average Bonchev–Trinajstić information content (AvgIpc) is 2.93. The van der Waals surface area contributed by atoms with E-state index in [-0.39, 0.29) is 17.2 Å². The Hall–Kier alpha value is -2.83. The van der Waals surface area contributed by atoms with Crippen molar-refractivity contribution in [2.45, 2.75) is 32.7 Å². The number of hydrogen-bond acceptors (Lipinski definition) is 7. The van der Waals surface area contributed by atoms with Gasteiger partial charge in [-0.15, -0.1) is 0 Å². The van der Waals surface area contributed by atoms with Crippen LogP contribution in [0.3, 0.4) is 0 Å². The Balaban J connectivity index is 1.83. The molecule has 2 aromatic rings. The van der Waals surface area contributed by atoms with Gasteiger partial charge in [0.15, 0.2) is 5.78 Å². The molecule has 1 aromatic heterocycles. The van der Waals surface area contributed by atoms with Crippen LogP contribution in [-0.4, -0.2) is 23.2 Å². The van der Waals surface area contributed by atoms with Gasteiger partial charge in [0.2, 0.25) is 11.6 Å². The molecule has 2 heterocycles. The van der Waals surface area contributed by atoms with E-state index in [1.54, 1.807) is 7.11 Å². The third-order valence-electron chi connectivity index (χ3n) is 4.70. The second-order valence-electron chi connectivity index (χ2n) is 7.27. The molecule has 2 aliphatic rings. The number of allylic oxidation sites excluding steroid dienone is 1. The Labute approximate surface area is 145 Å². The van der Waals surface area contributed by atoms with E-state index in [2.05, 4.69) is 34.8 Å². The molecule has 0 fully saturated rings. The van der Waals surface area contributed by atoms with Crippen molar-refractivity contribution < 1.29 is 14.2 Å². The van der Waals surface area contributed by atoms with Crippen molar-refractivity contribution in [3.63, 3.8) is 0 Å². The fourth-order valence-corrected chi connectivity index (χ4v) is 3.54. The first-order valence-corrected chi connectivity index (χ1v) is 8.23. The molecule has 1 aliphatic heterocycles. The lowest BCUT2D eigenvalue weighted by molar-refractivity contribution is -0.118. The maximum atomic E-state index is 12.9. The number of nitrogens with one attached hydrogen (secondary N) is 2. The van der Waals surface area contributed by atoms with Gasteiger partial charge < -0.3 is 15.4 Å². The first-order chi connectivity index (χ1) is 12.0. The van der Waals surface area contributed by atoms with Crippen LogP contribution in [-0.2, 0) is 4.79 Å². The molecule has 0 radical (unpaired) electrons. The summed E-state index contributed by atoms with van der Waals surface area (Å²) in [5.74, 6) is 1.91. The average molecular weight is 340 g/mol. The molecule has 0 saturated heterocycles. The minimum Gasteiger partial charge on any atom is -0.497 e. The zero-order chi connectivity index (χ0) is 17.6. The van der Waals surface area contributed by atoms with Gasteiger partial charge >= 0.3 is 0 Å². The minimum absolute atomic E-state index is 0.102. The van der Waals surface area contributed by atoms with Crippen LogP contribution in [0.5, 0.6) is 5.75 Å². The van der Waals surface area contributed by atoms with Crippen LogP contribution in [0.2, 0.25) is 0 Å². The number of nitrogens with zero attached hydrogens (tertiary/aromatic N) is 2. The molecular formula is C18H20N4O3. The monoisotopic (exact) mass is 340 g/mol. The number of rotatable bonds is 2. The number of fused-ring (bicyclic) bond motifs is 1. The van der Waals surface area contributed by atoms with E-state index >= 15 is 0 Å². The summed E-state index contributed by atoms with van der Waals surface area (Å²) >= 11 is 0. The summed E-state index contributed by atoms with van der Waals surface area (Å²) in [6.45, 7) is 4.19. The number of anilines is 2. The fraction of sp³-hybridized carbons (Fsp3) is 0.389. The van der Waals surface area contributed by atoms with Gasteiger partial charge in [-0.25, -0.2) is 4.63 Å². The van der Waals surface area contributed by atoms with Gasteiger partial charge in [0.1, 0.15) is 5.75 Å². The van der Waals surface area contributed by atoms with Crippen molar-refractivity contribution in [3.05, 3.63) is 41.1 Å². The highest BCUT2D eigenvalue weighted by Crippen LogP contribution is 2.44. The number of methoxy groups -OCH3 is 1. The summed E-state index contributed by atoms with van der Waals surface area (Å²) in [5.41, 5.74) is 2.47. The molecule has 0 bridgehead atoms. The van der Waals surface area contributed by atoms with Crippen molar-refractivity contribution in [1.29, 1.82) is 0 Å². The van der Waals surface area contributed by atoms with Gasteiger partial charge in [-0.2, -0.15) is 0 Å². The molecular weight excluding hydrogens is 320 g/mol. The molecule has 0 unspecified atom stereocenters. The number of aromatic nitrogens is 2. The molecule has 0 amide bonds. The van der Waals surface area contributed by atoms with Crippen molar-refractivity contribution >= 4 is 17.4 Å². The zero-order valence-electron chi connectivity index (χ0n) is 14.4. The van der Waals surface area contributed by atoms with E-state index in [1.807, 2.05) is 24.3 Å². The number of carbonyl (C=O) groups excluding carboxylic acids is 1. The van der Waals surface area contributed by atoms with Crippen LogP contribution >= 0.6 is 0 Å². The van der Waals surface area contributed by atoms with E-state index in [4.69, 9.17) is 9.37 Å². The predicted molar refractivity (Wildman–Crippen MR) is 92.3 cm³/mol. The quantitative estimate of drug-likeness (QED) is 0.867. The highest BCUT2D eigenvalue weighted by molar-refractivity contribution is 6.00. The number of ketones is 1. The van der Waals surface area contributed by atoms with Crippen molar-refractivity contribution in [1.82, 2.24) is 10.3 Å². The highest BCUT2D eigenvalue weighted by Gasteiger charge is 2.39. The second-order valence-corrected chi connectivity index (χ2v) is 7.27. The van der Waals surface area contributed by atoms with Gasteiger partial charge in [-0.1, -0.05) is 26.0 Å². The second kappa shape index (κ2) is 5.61. The van der Waals surface area contributed by atoms with Gasteiger partial charge in [0.25, 0.3) is 0 Å². The first kappa shape index (κ1) is 15.7. The summed E-state index contributed by atoms with van der Waals surface area (Å²) in [6.07, 6.45) is 1.27. The van der Waals surface area contributed by atoms with E-state index in [1.165, 1.54) is 0 Å². The van der Waals surface area contributed by atoms with Crippen molar-refractivity contribution in [2.75, 3.05) is 17.7 Å². The van der Waals surface area contributed by atoms with E-state index < -0.39 is 0 Å².